The molecule has 8 heteroatoms. The molecule has 1 aliphatic rings. The maximum Gasteiger partial charge on any atom is 0.416 e. The first kappa shape index (κ1) is 19.0. The summed E-state index contributed by atoms with van der Waals surface area (Å²) in [7, 11) is 0. The van der Waals surface area contributed by atoms with Crippen LogP contribution >= 0.6 is 34.8 Å². The van der Waals surface area contributed by atoms with Crippen LogP contribution in [-0.4, -0.2) is 17.3 Å². The fourth-order valence-corrected chi connectivity index (χ4v) is 2.95. The minimum absolute atomic E-state index is 0.0590. The van der Waals surface area contributed by atoms with E-state index < -0.39 is 28.7 Å². The van der Waals surface area contributed by atoms with Gasteiger partial charge in [-0.15, -0.1) is 11.6 Å². The maximum absolute atomic E-state index is 13.3. The molecule has 0 fully saturated rings. The third-order valence-electron chi connectivity index (χ3n) is 3.20. The molecule has 0 amide bonds. The minimum Gasteiger partial charge on any atom is -0.289 e. The molecule has 0 aliphatic heterocycles. The zero-order valence-corrected chi connectivity index (χ0v) is 14.1. The number of alkyl halides is 4. The third-order valence-corrected chi connectivity index (χ3v) is 4.00. The Balaban J connectivity index is 2.45. The quantitative estimate of drug-likeness (QED) is 0.255. The van der Waals surface area contributed by atoms with Crippen LogP contribution < -0.4 is 0 Å². The van der Waals surface area contributed by atoms with Crippen LogP contribution in [0.3, 0.4) is 0 Å². The molecule has 1 atom stereocenters. The second kappa shape index (κ2) is 7.30. The first-order valence-electron chi connectivity index (χ1n) is 6.58. The number of carbonyl (C=O) groups excluding carboxylic acids is 1. The fraction of sp³-hybridized carbons (Fsp3) is 0.188. The number of ketones is 1. The first-order chi connectivity index (χ1) is 11.1. The van der Waals surface area contributed by atoms with Crippen LogP contribution in [0.5, 0.6) is 0 Å². The van der Waals surface area contributed by atoms with E-state index in [2.05, 4.69) is 0 Å². The van der Waals surface area contributed by atoms with Crippen LogP contribution in [-0.2, 0) is 0 Å². The van der Waals surface area contributed by atoms with Gasteiger partial charge in [0, 0.05) is 10.6 Å². The van der Waals surface area contributed by atoms with Gasteiger partial charge >= 0.3 is 6.18 Å². The molecular weight excluding hydrogens is 391 g/mol. The lowest BCUT2D eigenvalue weighted by molar-refractivity contribution is -0.0896. The van der Waals surface area contributed by atoms with Crippen LogP contribution in [0.2, 0.25) is 5.02 Å². The molecule has 1 aromatic rings. The molecule has 0 bridgehead atoms. The van der Waals surface area contributed by atoms with Crippen molar-refractivity contribution in [3.8, 4) is 0 Å². The Morgan fingerprint density at radius 3 is 2.46 bits per heavy atom. The summed E-state index contributed by atoms with van der Waals surface area (Å²) >= 11 is 17.2. The molecule has 0 saturated carbocycles. The van der Waals surface area contributed by atoms with E-state index in [0.29, 0.717) is 6.08 Å². The fourth-order valence-electron chi connectivity index (χ4n) is 2.12. The van der Waals surface area contributed by atoms with E-state index in [4.69, 9.17) is 34.8 Å². The second-order valence-electron chi connectivity index (χ2n) is 4.99. The van der Waals surface area contributed by atoms with E-state index in [9.17, 15) is 22.4 Å². The van der Waals surface area contributed by atoms with Gasteiger partial charge in [0.1, 0.15) is 5.82 Å². The summed E-state index contributed by atoms with van der Waals surface area (Å²) in [6.45, 7) is 0. The molecule has 0 radical (unpaired) electrons. The first-order valence-corrected chi connectivity index (χ1v) is 7.78. The van der Waals surface area contributed by atoms with Crippen molar-refractivity contribution in [2.24, 2.45) is 0 Å². The van der Waals surface area contributed by atoms with Gasteiger partial charge in [-0.25, -0.2) is 4.39 Å². The number of carbonyl (C=O) groups is 1. The SMILES string of the molecule is O=C(/C=C(/C1=CC(Cl)=CC(Cl)C1)C(F)(F)F)c1ccc(F)c(Cl)c1. The smallest absolute Gasteiger partial charge is 0.289 e. The largest absolute Gasteiger partial charge is 0.416 e. The standard InChI is InChI=1S/C16H9Cl3F4O/c17-10-3-9(4-11(18)6-10)12(16(21,22)23)7-15(24)8-1-2-14(20)13(19)5-8/h1-3,5-7,11H,4H2/b12-7-. The highest BCUT2D eigenvalue weighted by atomic mass is 35.5. The third kappa shape index (κ3) is 4.62. The number of benzene rings is 1. The molecule has 1 unspecified atom stereocenters. The molecule has 128 valence electrons. The van der Waals surface area contributed by atoms with Crippen LogP contribution in [0.25, 0.3) is 0 Å². The number of hydrogen-bond acceptors (Lipinski definition) is 1. The highest BCUT2D eigenvalue weighted by Crippen LogP contribution is 2.37. The van der Waals surface area contributed by atoms with E-state index in [1.165, 1.54) is 6.08 Å². The van der Waals surface area contributed by atoms with Crippen molar-refractivity contribution in [3.05, 3.63) is 69.0 Å². The topological polar surface area (TPSA) is 17.1 Å². The van der Waals surface area contributed by atoms with Gasteiger partial charge in [0.15, 0.2) is 5.78 Å². The maximum atomic E-state index is 13.3. The van der Waals surface area contributed by atoms with E-state index >= 15 is 0 Å². The van der Waals surface area contributed by atoms with Crippen LogP contribution in [0.1, 0.15) is 16.8 Å². The lowest BCUT2D eigenvalue weighted by Gasteiger charge is -2.20. The second-order valence-corrected chi connectivity index (χ2v) is 6.39. The Labute approximate surface area is 150 Å². The summed E-state index contributed by atoms with van der Waals surface area (Å²) < 4.78 is 53.1. The highest BCUT2D eigenvalue weighted by Gasteiger charge is 2.37. The lowest BCUT2D eigenvalue weighted by atomic mass is 9.94. The molecule has 0 aromatic heterocycles. The summed E-state index contributed by atoms with van der Waals surface area (Å²) in [6.07, 6.45) is -1.95. The van der Waals surface area contributed by atoms with Gasteiger partial charge in [0.05, 0.1) is 16.0 Å². The molecule has 0 saturated heterocycles. The molecule has 1 aliphatic carbocycles. The highest BCUT2D eigenvalue weighted by molar-refractivity contribution is 6.33. The summed E-state index contributed by atoms with van der Waals surface area (Å²) in [5.74, 6) is -1.73. The summed E-state index contributed by atoms with van der Waals surface area (Å²) in [6, 6.07) is 2.93. The number of halogens is 7. The van der Waals surface area contributed by atoms with Crippen molar-refractivity contribution in [1.29, 1.82) is 0 Å². The average Bonchev–Trinajstić information content (AvgIpc) is 2.45. The zero-order valence-electron chi connectivity index (χ0n) is 11.8. The Hall–Kier alpha value is -1.30. The van der Waals surface area contributed by atoms with Gasteiger partial charge < -0.3 is 0 Å². The number of allylic oxidation sites excluding steroid dienone is 6. The molecule has 2 rings (SSSR count). The number of hydrogen-bond donors (Lipinski definition) is 0. The van der Waals surface area contributed by atoms with Gasteiger partial charge in [-0.05, 0) is 48.4 Å². The van der Waals surface area contributed by atoms with Crippen molar-refractivity contribution in [1.82, 2.24) is 0 Å². The molecule has 0 heterocycles. The van der Waals surface area contributed by atoms with Crippen molar-refractivity contribution >= 4 is 40.6 Å². The van der Waals surface area contributed by atoms with Crippen LogP contribution in [0.4, 0.5) is 17.6 Å². The van der Waals surface area contributed by atoms with Gasteiger partial charge in [-0.2, -0.15) is 13.2 Å². The van der Waals surface area contributed by atoms with E-state index in [0.717, 1.165) is 24.3 Å². The molecule has 1 aromatic carbocycles. The molecular formula is C16H9Cl3F4O. The van der Waals surface area contributed by atoms with Crippen molar-refractivity contribution in [3.63, 3.8) is 0 Å². The summed E-state index contributed by atoms with van der Waals surface area (Å²) in [5.41, 5.74) is -1.51. The normalized spacial score (nSPS) is 19.0. The number of rotatable bonds is 3. The predicted octanol–water partition coefficient (Wildman–Crippen LogP) is 6.21. The van der Waals surface area contributed by atoms with E-state index in [1.54, 1.807) is 0 Å². The van der Waals surface area contributed by atoms with Gasteiger partial charge in [-0.3, -0.25) is 4.79 Å². The molecule has 1 nitrogen and oxygen atoms in total. The zero-order chi connectivity index (χ0) is 18.1. The molecule has 24 heavy (non-hydrogen) atoms. The van der Waals surface area contributed by atoms with Crippen molar-refractivity contribution in [2.45, 2.75) is 18.0 Å². The average molecular weight is 400 g/mol. The Morgan fingerprint density at radius 2 is 1.92 bits per heavy atom. The summed E-state index contributed by atoms with van der Waals surface area (Å²) in [5, 5.41) is -1.01. The van der Waals surface area contributed by atoms with Crippen LogP contribution in [0.15, 0.2) is 52.6 Å². The van der Waals surface area contributed by atoms with E-state index in [1.807, 2.05) is 0 Å². The monoisotopic (exact) mass is 398 g/mol. The van der Waals surface area contributed by atoms with Gasteiger partial charge in [0.25, 0.3) is 0 Å². The minimum atomic E-state index is -4.78. The summed E-state index contributed by atoms with van der Waals surface area (Å²) in [4.78, 5) is 12.1. The predicted molar refractivity (Wildman–Crippen MR) is 86.2 cm³/mol. The molecule has 0 spiro atoms. The van der Waals surface area contributed by atoms with Crippen molar-refractivity contribution < 1.29 is 22.4 Å². The van der Waals surface area contributed by atoms with Gasteiger partial charge in [0.2, 0.25) is 0 Å². The van der Waals surface area contributed by atoms with Gasteiger partial charge in [-0.1, -0.05) is 23.2 Å². The lowest BCUT2D eigenvalue weighted by Crippen LogP contribution is -2.18. The Kier molecular flexibility index (Phi) is 5.78. The Bertz CT molecular complexity index is 763. The van der Waals surface area contributed by atoms with Crippen LogP contribution in [0, 0.1) is 5.82 Å². The Morgan fingerprint density at radius 1 is 1.25 bits per heavy atom. The van der Waals surface area contributed by atoms with E-state index in [-0.39, 0.29) is 27.6 Å². The van der Waals surface area contributed by atoms with Crippen molar-refractivity contribution in [2.75, 3.05) is 0 Å². The molecule has 0 N–H and O–H groups in total.